The molecule has 0 bridgehead atoms. The SMILES string of the molecule is Cc1cc(OCC(=O)N(Cc2ccc(Cl)cc2)C(Cc2ccccc2)C(=O)NC(C)C)cc(C)c1Cl. The second-order valence-corrected chi connectivity index (χ2v) is 9.99. The van der Waals surface area contributed by atoms with Crippen LogP contribution in [0.1, 0.15) is 36.1 Å². The Balaban J connectivity index is 1.91. The highest BCUT2D eigenvalue weighted by Gasteiger charge is 2.31. The van der Waals surface area contributed by atoms with E-state index in [1.54, 1.807) is 29.2 Å². The van der Waals surface area contributed by atoms with Crippen LogP contribution in [0, 0.1) is 13.8 Å². The van der Waals surface area contributed by atoms with Crippen molar-refractivity contribution in [1.82, 2.24) is 10.2 Å². The van der Waals surface area contributed by atoms with Crippen molar-refractivity contribution in [2.24, 2.45) is 0 Å². The third kappa shape index (κ3) is 7.74. The van der Waals surface area contributed by atoms with E-state index in [0.717, 1.165) is 22.3 Å². The van der Waals surface area contributed by atoms with Crippen LogP contribution >= 0.6 is 23.2 Å². The molecule has 36 heavy (non-hydrogen) atoms. The fourth-order valence-electron chi connectivity index (χ4n) is 3.94. The molecule has 1 N–H and O–H groups in total. The molecule has 0 aliphatic heterocycles. The molecule has 0 aromatic heterocycles. The minimum absolute atomic E-state index is 0.0699. The standard InChI is InChI=1S/C29H32Cl2N2O3/c1-19(2)32-29(35)26(16-22-8-6-5-7-9-22)33(17-23-10-12-24(30)13-11-23)27(34)18-36-25-14-20(3)28(31)21(4)15-25/h5-15,19,26H,16-18H2,1-4H3,(H,32,35). The number of rotatable bonds is 10. The molecule has 0 saturated heterocycles. The monoisotopic (exact) mass is 526 g/mol. The molecule has 0 heterocycles. The molecular weight excluding hydrogens is 495 g/mol. The Morgan fingerprint density at radius 2 is 1.53 bits per heavy atom. The topological polar surface area (TPSA) is 58.6 Å². The predicted molar refractivity (Wildman–Crippen MR) is 146 cm³/mol. The van der Waals surface area contributed by atoms with Crippen molar-refractivity contribution in [2.45, 2.75) is 52.7 Å². The van der Waals surface area contributed by atoms with E-state index in [1.807, 2.05) is 70.2 Å². The van der Waals surface area contributed by atoms with Crippen LogP contribution in [0.15, 0.2) is 66.7 Å². The fourth-order valence-corrected chi connectivity index (χ4v) is 4.17. The Kier molecular flexibility index (Phi) is 9.80. The number of benzene rings is 3. The van der Waals surface area contributed by atoms with Crippen molar-refractivity contribution in [3.63, 3.8) is 0 Å². The van der Waals surface area contributed by atoms with Gasteiger partial charge in [-0.1, -0.05) is 65.7 Å². The zero-order chi connectivity index (χ0) is 26.2. The maximum Gasteiger partial charge on any atom is 0.261 e. The van der Waals surface area contributed by atoms with Gasteiger partial charge in [0.2, 0.25) is 5.91 Å². The zero-order valence-corrected chi connectivity index (χ0v) is 22.6. The van der Waals surface area contributed by atoms with Crippen molar-refractivity contribution in [1.29, 1.82) is 0 Å². The van der Waals surface area contributed by atoms with Crippen LogP contribution in [-0.2, 0) is 22.6 Å². The van der Waals surface area contributed by atoms with Gasteiger partial charge in [0.1, 0.15) is 11.8 Å². The Bertz CT molecular complexity index is 1160. The highest BCUT2D eigenvalue weighted by molar-refractivity contribution is 6.32. The van der Waals surface area contributed by atoms with Gasteiger partial charge < -0.3 is 15.0 Å². The molecule has 0 spiro atoms. The minimum atomic E-state index is -0.727. The third-order valence-corrected chi connectivity index (χ3v) is 6.59. The normalized spacial score (nSPS) is 11.8. The van der Waals surface area contributed by atoms with Gasteiger partial charge in [-0.25, -0.2) is 0 Å². The number of carbonyl (C=O) groups excluding carboxylic acids is 2. The summed E-state index contributed by atoms with van der Waals surface area (Å²) >= 11 is 12.3. The maximum absolute atomic E-state index is 13.6. The molecule has 1 unspecified atom stereocenters. The Labute approximate surface area is 223 Å². The lowest BCUT2D eigenvalue weighted by molar-refractivity contribution is -0.143. The molecule has 0 radical (unpaired) electrons. The van der Waals surface area contributed by atoms with Crippen LogP contribution in [-0.4, -0.2) is 35.4 Å². The second kappa shape index (κ2) is 12.8. The molecule has 0 aliphatic carbocycles. The molecular formula is C29H32Cl2N2O3. The lowest BCUT2D eigenvalue weighted by Gasteiger charge is -2.32. The average Bonchev–Trinajstić information content (AvgIpc) is 2.84. The Morgan fingerprint density at radius 1 is 0.917 bits per heavy atom. The summed E-state index contributed by atoms with van der Waals surface area (Å²) in [6.45, 7) is 7.61. The minimum Gasteiger partial charge on any atom is -0.484 e. The molecule has 0 fully saturated rings. The second-order valence-electron chi connectivity index (χ2n) is 9.18. The van der Waals surface area contributed by atoms with Gasteiger partial charge in [-0.05, 0) is 74.2 Å². The van der Waals surface area contributed by atoms with Crippen molar-refractivity contribution >= 4 is 35.0 Å². The first-order valence-corrected chi connectivity index (χ1v) is 12.7. The van der Waals surface area contributed by atoms with Gasteiger partial charge in [-0.15, -0.1) is 0 Å². The summed E-state index contributed by atoms with van der Waals surface area (Å²) < 4.78 is 5.88. The molecule has 0 saturated carbocycles. The van der Waals surface area contributed by atoms with Crippen molar-refractivity contribution in [3.05, 3.63) is 99.0 Å². The van der Waals surface area contributed by atoms with Gasteiger partial charge in [-0.3, -0.25) is 9.59 Å². The first kappa shape index (κ1) is 27.6. The average molecular weight is 527 g/mol. The lowest BCUT2D eigenvalue weighted by Crippen LogP contribution is -2.52. The van der Waals surface area contributed by atoms with Crippen molar-refractivity contribution in [2.75, 3.05) is 6.61 Å². The van der Waals surface area contributed by atoms with E-state index < -0.39 is 6.04 Å². The summed E-state index contributed by atoms with van der Waals surface area (Å²) in [5.41, 5.74) is 3.56. The summed E-state index contributed by atoms with van der Waals surface area (Å²) in [6, 6.07) is 19.8. The largest absolute Gasteiger partial charge is 0.484 e. The maximum atomic E-state index is 13.6. The fraction of sp³-hybridized carbons (Fsp3) is 0.310. The summed E-state index contributed by atoms with van der Waals surface area (Å²) in [6.07, 6.45) is 0.373. The van der Waals surface area contributed by atoms with Gasteiger partial charge in [0, 0.05) is 29.1 Å². The van der Waals surface area contributed by atoms with Crippen LogP contribution < -0.4 is 10.1 Å². The van der Waals surface area contributed by atoms with Gasteiger partial charge in [-0.2, -0.15) is 0 Å². The molecule has 3 aromatic rings. The molecule has 190 valence electrons. The van der Waals surface area contributed by atoms with Crippen LogP contribution in [0.25, 0.3) is 0 Å². The number of halogens is 2. The summed E-state index contributed by atoms with van der Waals surface area (Å²) in [5, 5.41) is 4.25. The predicted octanol–water partition coefficient (Wildman–Crippen LogP) is 6.15. The molecule has 0 aliphatic rings. The summed E-state index contributed by atoms with van der Waals surface area (Å²) in [5.74, 6) is 0.0461. The third-order valence-electron chi connectivity index (χ3n) is 5.74. The summed E-state index contributed by atoms with van der Waals surface area (Å²) in [4.78, 5) is 28.6. The molecule has 1 atom stereocenters. The first-order valence-electron chi connectivity index (χ1n) is 11.9. The Morgan fingerprint density at radius 3 is 2.11 bits per heavy atom. The van der Waals surface area contributed by atoms with Crippen LogP contribution in [0.4, 0.5) is 0 Å². The van der Waals surface area contributed by atoms with E-state index in [1.165, 1.54) is 0 Å². The van der Waals surface area contributed by atoms with E-state index in [4.69, 9.17) is 27.9 Å². The number of hydrogen-bond acceptors (Lipinski definition) is 3. The van der Waals surface area contributed by atoms with Gasteiger partial charge in [0.05, 0.1) is 0 Å². The number of ether oxygens (including phenoxy) is 1. The highest BCUT2D eigenvalue weighted by Crippen LogP contribution is 2.26. The summed E-state index contributed by atoms with van der Waals surface area (Å²) in [7, 11) is 0. The number of nitrogens with zero attached hydrogens (tertiary/aromatic N) is 1. The molecule has 5 nitrogen and oxygen atoms in total. The van der Waals surface area contributed by atoms with E-state index >= 15 is 0 Å². The van der Waals surface area contributed by atoms with E-state index in [-0.39, 0.29) is 31.0 Å². The number of aryl methyl sites for hydroxylation is 2. The quantitative estimate of drug-likeness (QED) is 0.344. The number of nitrogens with one attached hydrogen (secondary N) is 1. The van der Waals surface area contributed by atoms with Crippen LogP contribution in [0.3, 0.4) is 0 Å². The van der Waals surface area contributed by atoms with E-state index in [0.29, 0.717) is 22.2 Å². The molecule has 2 amide bonds. The zero-order valence-electron chi connectivity index (χ0n) is 21.1. The number of hydrogen-bond donors (Lipinski definition) is 1. The van der Waals surface area contributed by atoms with Gasteiger partial charge in [0.15, 0.2) is 6.61 Å². The molecule has 7 heteroatoms. The lowest BCUT2D eigenvalue weighted by atomic mass is 10.0. The highest BCUT2D eigenvalue weighted by atomic mass is 35.5. The van der Waals surface area contributed by atoms with Gasteiger partial charge in [0.25, 0.3) is 5.91 Å². The first-order chi connectivity index (χ1) is 17.1. The van der Waals surface area contributed by atoms with Crippen LogP contribution in [0.2, 0.25) is 10.0 Å². The van der Waals surface area contributed by atoms with Crippen molar-refractivity contribution in [3.8, 4) is 5.75 Å². The number of amides is 2. The molecule has 3 rings (SSSR count). The Hall–Kier alpha value is -3.02. The van der Waals surface area contributed by atoms with E-state index in [2.05, 4.69) is 5.32 Å². The van der Waals surface area contributed by atoms with Gasteiger partial charge >= 0.3 is 0 Å². The molecule has 3 aromatic carbocycles. The van der Waals surface area contributed by atoms with E-state index in [9.17, 15) is 9.59 Å². The smallest absolute Gasteiger partial charge is 0.261 e. The van der Waals surface area contributed by atoms with Crippen LogP contribution in [0.5, 0.6) is 5.75 Å². The number of carbonyl (C=O) groups is 2. The van der Waals surface area contributed by atoms with Crippen molar-refractivity contribution < 1.29 is 14.3 Å².